The topological polar surface area (TPSA) is 50.9 Å². The molecule has 0 spiro atoms. The lowest BCUT2D eigenvalue weighted by molar-refractivity contribution is -0.0482. The number of benzene rings is 1. The quantitative estimate of drug-likeness (QED) is 0.945. The second kappa shape index (κ2) is 5.78. The van der Waals surface area contributed by atoms with Crippen LogP contribution in [0.1, 0.15) is 25.3 Å². The first-order chi connectivity index (χ1) is 10.1. The molecule has 0 aliphatic heterocycles. The summed E-state index contributed by atoms with van der Waals surface area (Å²) in [6.45, 7) is 2.63. The minimum absolute atomic E-state index is 0.234. The first-order valence-electron chi connectivity index (χ1n) is 7.37. The lowest BCUT2D eigenvalue weighted by Gasteiger charge is -2.34. The smallest absolute Gasteiger partial charge is 0.137 e. The molecule has 0 bridgehead atoms. The standard InChI is InChI=1S/C16H20ClN3O/c1-12-2-5-14(8-13-3-6-15(17)7-4-13)16(12,21)9-20-11-18-10-19-20/h3-4,6-7,10-12,14,21H,2,5,8-9H2,1H3/t12-,14-,16+/m1/s1. The first kappa shape index (κ1) is 14.5. The van der Waals surface area contributed by atoms with Crippen molar-refractivity contribution in [3.05, 3.63) is 47.5 Å². The van der Waals surface area contributed by atoms with E-state index in [-0.39, 0.29) is 11.8 Å². The van der Waals surface area contributed by atoms with E-state index in [0.29, 0.717) is 6.54 Å². The minimum atomic E-state index is -0.729. The predicted octanol–water partition coefficient (Wildman–Crippen LogP) is 2.95. The number of nitrogens with zero attached hydrogens (tertiary/aromatic N) is 3. The normalized spacial score (nSPS) is 28.9. The van der Waals surface area contributed by atoms with Gasteiger partial charge in [-0.2, -0.15) is 5.10 Å². The van der Waals surface area contributed by atoms with Crippen molar-refractivity contribution in [3.8, 4) is 0 Å². The van der Waals surface area contributed by atoms with Gasteiger partial charge in [0.1, 0.15) is 12.7 Å². The molecule has 0 radical (unpaired) electrons. The number of halogens is 1. The molecule has 1 aromatic heterocycles. The Morgan fingerprint density at radius 1 is 1.33 bits per heavy atom. The van der Waals surface area contributed by atoms with E-state index in [2.05, 4.69) is 17.0 Å². The molecule has 1 N–H and O–H groups in total. The van der Waals surface area contributed by atoms with Crippen molar-refractivity contribution in [2.24, 2.45) is 11.8 Å². The molecule has 4 nitrogen and oxygen atoms in total. The van der Waals surface area contributed by atoms with Gasteiger partial charge in [0, 0.05) is 5.02 Å². The second-order valence-electron chi connectivity index (χ2n) is 6.09. The van der Waals surface area contributed by atoms with Crippen molar-refractivity contribution in [2.75, 3.05) is 0 Å². The van der Waals surface area contributed by atoms with Crippen LogP contribution in [0.25, 0.3) is 0 Å². The summed E-state index contributed by atoms with van der Waals surface area (Å²) in [6.07, 6.45) is 6.13. The number of aliphatic hydroxyl groups is 1. The highest BCUT2D eigenvalue weighted by atomic mass is 35.5. The van der Waals surface area contributed by atoms with Crippen LogP contribution in [0, 0.1) is 11.8 Å². The fraction of sp³-hybridized carbons (Fsp3) is 0.500. The van der Waals surface area contributed by atoms with Gasteiger partial charge in [0.2, 0.25) is 0 Å². The lowest BCUT2D eigenvalue weighted by Crippen LogP contribution is -2.44. The zero-order chi connectivity index (χ0) is 14.9. The molecule has 3 rings (SSSR count). The fourth-order valence-electron chi connectivity index (χ4n) is 3.40. The summed E-state index contributed by atoms with van der Waals surface area (Å²) >= 11 is 5.93. The van der Waals surface area contributed by atoms with Gasteiger partial charge in [-0.3, -0.25) is 4.68 Å². The van der Waals surface area contributed by atoms with E-state index in [0.717, 1.165) is 24.3 Å². The fourth-order valence-corrected chi connectivity index (χ4v) is 3.52. The molecule has 5 heteroatoms. The Balaban J connectivity index is 1.78. The number of hydrogen-bond donors (Lipinski definition) is 1. The maximum absolute atomic E-state index is 11.2. The maximum atomic E-state index is 11.2. The Morgan fingerprint density at radius 2 is 2.10 bits per heavy atom. The summed E-state index contributed by atoms with van der Waals surface area (Å²) in [6, 6.07) is 7.90. The van der Waals surface area contributed by atoms with E-state index < -0.39 is 5.60 Å². The van der Waals surface area contributed by atoms with Gasteiger partial charge >= 0.3 is 0 Å². The minimum Gasteiger partial charge on any atom is -0.387 e. The van der Waals surface area contributed by atoms with Gasteiger partial charge in [-0.05, 0) is 48.8 Å². The zero-order valence-corrected chi connectivity index (χ0v) is 12.9. The van der Waals surface area contributed by atoms with Gasteiger partial charge in [-0.25, -0.2) is 4.98 Å². The summed E-state index contributed by atoms with van der Waals surface area (Å²) < 4.78 is 1.73. The maximum Gasteiger partial charge on any atom is 0.137 e. The molecule has 21 heavy (non-hydrogen) atoms. The Kier molecular flexibility index (Phi) is 4.00. The summed E-state index contributed by atoms with van der Waals surface area (Å²) in [5.74, 6) is 0.497. The third kappa shape index (κ3) is 2.97. The van der Waals surface area contributed by atoms with Gasteiger partial charge in [0.15, 0.2) is 0 Å². The van der Waals surface area contributed by atoms with Gasteiger partial charge in [-0.15, -0.1) is 0 Å². The molecule has 1 saturated carbocycles. The van der Waals surface area contributed by atoms with Gasteiger partial charge in [0.25, 0.3) is 0 Å². The Bertz CT molecular complexity index is 584. The summed E-state index contributed by atoms with van der Waals surface area (Å²) in [7, 11) is 0. The highest BCUT2D eigenvalue weighted by Gasteiger charge is 2.46. The van der Waals surface area contributed by atoms with E-state index in [1.54, 1.807) is 11.0 Å². The lowest BCUT2D eigenvalue weighted by atomic mass is 9.81. The van der Waals surface area contributed by atoms with Crippen LogP contribution in [-0.4, -0.2) is 25.5 Å². The van der Waals surface area contributed by atoms with Gasteiger partial charge in [-0.1, -0.05) is 30.7 Å². The Hall–Kier alpha value is -1.39. The molecule has 1 aromatic carbocycles. The van der Waals surface area contributed by atoms with Gasteiger partial charge in [0.05, 0.1) is 12.1 Å². The van der Waals surface area contributed by atoms with Crippen LogP contribution < -0.4 is 0 Å². The first-order valence-corrected chi connectivity index (χ1v) is 7.75. The molecule has 0 saturated heterocycles. The molecule has 1 aliphatic rings. The number of hydrogen-bond acceptors (Lipinski definition) is 3. The van der Waals surface area contributed by atoms with Crippen molar-refractivity contribution < 1.29 is 5.11 Å². The third-order valence-corrected chi connectivity index (χ3v) is 5.04. The van der Waals surface area contributed by atoms with E-state index >= 15 is 0 Å². The highest BCUT2D eigenvalue weighted by Crippen LogP contribution is 2.43. The summed E-state index contributed by atoms with van der Waals surface area (Å²) in [5.41, 5.74) is 0.489. The molecule has 1 heterocycles. The van der Waals surface area contributed by atoms with Crippen molar-refractivity contribution in [2.45, 2.75) is 38.3 Å². The molecule has 2 aromatic rings. The van der Waals surface area contributed by atoms with Crippen LogP contribution in [0.2, 0.25) is 5.02 Å². The molecule has 3 atom stereocenters. The predicted molar refractivity (Wildman–Crippen MR) is 82.0 cm³/mol. The average molecular weight is 306 g/mol. The van der Waals surface area contributed by atoms with Crippen molar-refractivity contribution in [1.29, 1.82) is 0 Å². The van der Waals surface area contributed by atoms with E-state index in [1.165, 1.54) is 11.9 Å². The van der Waals surface area contributed by atoms with E-state index in [9.17, 15) is 5.11 Å². The number of rotatable bonds is 4. The number of aromatic nitrogens is 3. The molecule has 0 amide bonds. The average Bonchev–Trinajstić information content (AvgIpc) is 3.05. The zero-order valence-electron chi connectivity index (χ0n) is 12.1. The second-order valence-corrected chi connectivity index (χ2v) is 6.53. The van der Waals surface area contributed by atoms with Crippen molar-refractivity contribution >= 4 is 11.6 Å². The molecule has 1 fully saturated rings. The third-order valence-electron chi connectivity index (χ3n) is 4.79. The van der Waals surface area contributed by atoms with Crippen LogP contribution in [-0.2, 0) is 13.0 Å². The van der Waals surface area contributed by atoms with E-state index in [1.807, 2.05) is 24.3 Å². The Labute approximate surface area is 129 Å². The monoisotopic (exact) mass is 305 g/mol. The van der Waals surface area contributed by atoms with Crippen molar-refractivity contribution in [3.63, 3.8) is 0 Å². The molecule has 112 valence electrons. The SMILES string of the molecule is C[C@@H]1CC[C@H](Cc2ccc(Cl)cc2)[C@]1(O)Cn1cncn1. The van der Waals surface area contributed by atoms with Crippen LogP contribution >= 0.6 is 11.6 Å². The summed E-state index contributed by atoms with van der Waals surface area (Å²) in [4.78, 5) is 3.97. The Morgan fingerprint density at radius 3 is 2.76 bits per heavy atom. The van der Waals surface area contributed by atoms with Crippen LogP contribution in [0.4, 0.5) is 0 Å². The van der Waals surface area contributed by atoms with E-state index in [4.69, 9.17) is 11.6 Å². The van der Waals surface area contributed by atoms with Crippen LogP contribution in [0.3, 0.4) is 0 Å². The van der Waals surface area contributed by atoms with Gasteiger partial charge < -0.3 is 5.11 Å². The molecular formula is C16H20ClN3O. The largest absolute Gasteiger partial charge is 0.387 e. The molecule has 0 unspecified atom stereocenters. The van der Waals surface area contributed by atoms with Crippen molar-refractivity contribution in [1.82, 2.24) is 14.8 Å². The summed E-state index contributed by atoms with van der Waals surface area (Å²) in [5, 5.41) is 16.1. The van der Waals surface area contributed by atoms with Crippen LogP contribution in [0.15, 0.2) is 36.9 Å². The molecule has 1 aliphatic carbocycles. The van der Waals surface area contributed by atoms with Crippen LogP contribution in [0.5, 0.6) is 0 Å². The molecular weight excluding hydrogens is 286 g/mol. The highest BCUT2D eigenvalue weighted by molar-refractivity contribution is 6.30.